The summed E-state index contributed by atoms with van der Waals surface area (Å²) in [5, 5.41) is 4.04. The maximum Gasteiger partial charge on any atom is 0.229 e. The molecule has 2 aromatic carbocycles. The molecule has 0 radical (unpaired) electrons. The van der Waals surface area contributed by atoms with Gasteiger partial charge >= 0.3 is 0 Å². The topological polar surface area (TPSA) is 71.3 Å². The van der Waals surface area contributed by atoms with Crippen LogP contribution in [-0.4, -0.2) is 29.0 Å². The van der Waals surface area contributed by atoms with Crippen molar-refractivity contribution in [3.8, 4) is 0 Å². The van der Waals surface area contributed by atoms with Gasteiger partial charge in [-0.25, -0.2) is 9.97 Å². The van der Waals surface area contributed by atoms with Gasteiger partial charge in [-0.3, -0.25) is 4.79 Å². The molecule has 29 heavy (non-hydrogen) atoms. The van der Waals surface area contributed by atoms with E-state index in [1.807, 2.05) is 55.5 Å². The van der Waals surface area contributed by atoms with E-state index in [1.54, 1.807) is 6.33 Å². The minimum absolute atomic E-state index is 0.0511. The van der Waals surface area contributed by atoms with Crippen molar-refractivity contribution < 1.29 is 9.21 Å². The molecule has 5 rings (SSSR count). The molecule has 3 heterocycles. The summed E-state index contributed by atoms with van der Waals surface area (Å²) >= 11 is 0. The van der Waals surface area contributed by atoms with Crippen molar-refractivity contribution in [1.82, 2.24) is 9.97 Å². The molecule has 6 nitrogen and oxygen atoms in total. The Balaban J connectivity index is 1.41. The number of hydrogen-bond donors (Lipinski definition) is 1. The number of furan rings is 1. The van der Waals surface area contributed by atoms with E-state index < -0.39 is 0 Å². The summed E-state index contributed by atoms with van der Waals surface area (Å²) in [4.78, 5) is 24.0. The molecule has 1 fully saturated rings. The molecule has 6 heteroatoms. The zero-order valence-electron chi connectivity index (χ0n) is 16.3. The van der Waals surface area contributed by atoms with Crippen molar-refractivity contribution in [1.29, 1.82) is 0 Å². The lowest BCUT2D eigenvalue weighted by Crippen LogP contribution is -2.41. The number of hydrogen-bond acceptors (Lipinski definition) is 5. The third-order valence-corrected chi connectivity index (χ3v) is 5.52. The van der Waals surface area contributed by atoms with Crippen molar-refractivity contribution in [2.45, 2.75) is 19.8 Å². The molecule has 1 amide bonds. The molecular formula is C23H22N4O2. The largest absolute Gasteiger partial charge is 0.450 e. The number of para-hydroxylation sites is 1. The smallest absolute Gasteiger partial charge is 0.229 e. The van der Waals surface area contributed by atoms with Crippen molar-refractivity contribution in [2.75, 3.05) is 23.3 Å². The Bertz CT molecular complexity index is 1200. The Labute approximate surface area is 168 Å². The molecule has 1 saturated heterocycles. The molecule has 2 aromatic heterocycles. The summed E-state index contributed by atoms with van der Waals surface area (Å²) < 4.78 is 6.07. The highest BCUT2D eigenvalue weighted by Crippen LogP contribution is 2.33. The van der Waals surface area contributed by atoms with E-state index in [0.717, 1.165) is 52.9 Å². The number of fused-ring (bicyclic) bond motifs is 3. The van der Waals surface area contributed by atoms with Crippen LogP contribution in [0.25, 0.3) is 22.1 Å². The van der Waals surface area contributed by atoms with Gasteiger partial charge in [-0.2, -0.15) is 0 Å². The zero-order valence-corrected chi connectivity index (χ0v) is 16.3. The third-order valence-electron chi connectivity index (χ3n) is 5.52. The van der Waals surface area contributed by atoms with E-state index in [-0.39, 0.29) is 11.8 Å². The van der Waals surface area contributed by atoms with Crippen LogP contribution in [0.3, 0.4) is 0 Å². The van der Waals surface area contributed by atoms with Gasteiger partial charge < -0.3 is 14.6 Å². The minimum atomic E-state index is -0.0985. The van der Waals surface area contributed by atoms with E-state index >= 15 is 0 Å². The molecule has 4 aromatic rings. The summed E-state index contributed by atoms with van der Waals surface area (Å²) in [7, 11) is 0. The van der Waals surface area contributed by atoms with E-state index in [0.29, 0.717) is 12.1 Å². The second-order valence-corrected chi connectivity index (χ2v) is 7.62. The number of aryl methyl sites for hydroxylation is 1. The van der Waals surface area contributed by atoms with Gasteiger partial charge in [0.2, 0.25) is 5.91 Å². The zero-order chi connectivity index (χ0) is 19.8. The van der Waals surface area contributed by atoms with E-state index in [4.69, 9.17) is 4.42 Å². The first-order chi connectivity index (χ1) is 14.2. The number of anilines is 2. The quantitative estimate of drug-likeness (QED) is 0.560. The van der Waals surface area contributed by atoms with Crippen molar-refractivity contribution in [2.24, 2.45) is 5.92 Å². The number of rotatable bonds is 3. The van der Waals surface area contributed by atoms with Gasteiger partial charge in [-0.05, 0) is 49.6 Å². The van der Waals surface area contributed by atoms with Gasteiger partial charge in [0.15, 0.2) is 11.4 Å². The fraction of sp³-hybridized carbons (Fsp3) is 0.261. The predicted octanol–water partition coefficient (Wildman–Crippen LogP) is 4.54. The second kappa shape index (κ2) is 7.20. The fourth-order valence-electron chi connectivity index (χ4n) is 4.09. The Hall–Kier alpha value is -3.41. The Morgan fingerprint density at radius 1 is 1.17 bits per heavy atom. The van der Waals surface area contributed by atoms with Gasteiger partial charge in [0.25, 0.3) is 0 Å². The molecule has 1 N–H and O–H groups in total. The fourth-order valence-corrected chi connectivity index (χ4v) is 4.09. The number of carbonyl (C=O) groups excluding carboxylic acids is 1. The van der Waals surface area contributed by atoms with Crippen molar-refractivity contribution in [3.63, 3.8) is 0 Å². The van der Waals surface area contributed by atoms with Gasteiger partial charge in [0.05, 0.1) is 5.92 Å². The number of aromatic nitrogens is 2. The van der Waals surface area contributed by atoms with E-state index in [1.165, 1.54) is 0 Å². The molecule has 0 unspecified atom stereocenters. The molecule has 0 bridgehead atoms. The van der Waals surface area contributed by atoms with Crippen LogP contribution in [0.5, 0.6) is 0 Å². The highest BCUT2D eigenvalue weighted by molar-refractivity contribution is 6.05. The number of piperidine rings is 1. The van der Waals surface area contributed by atoms with Crippen LogP contribution in [0.2, 0.25) is 0 Å². The lowest BCUT2D eigenvalue weighted by molar-refractivity contribution is -0.120. The minimum Gasteiger partial charge on any atom is -0.450 e. The summed E-state index contributed by atoms with van der Waals surface area (Å²) in [6, 6.07) is 15.8. The highest BCUT2D eigenvalue weighted by Gasteiger charge is 2.28. The number of carbonyl (C=O) groups is 1. The normalized spacial score (nSPS) is 17.0. The third kappa shape index (κ3) is 3.31. The molecule has 0 saturated carbocycles. The van der Waals surface area contributed by atoms with E-state index in [9.17, 15) is 4.79 Å². The van der Waals surface area contributed by atoms with Crippen LogP contribution in [0.15, 0.2) is 59.3 Å². The predicted molar refractivity (Wildman–Crippen MR) is 114 cm³/mol. The number of nitrogens with one attached hydrogen (secondary N) is 1. The summed E-state index contributed by atoms with van der Waals surface area (Å²) in [6.45, 7) is 3.48. The molecule has 1 aliphatic heterocycles. The Morgan fingerprint density at radius 2 is 2.07 bits per heavy atom. The highest BCUT2D eigenvalue weighted by atomic mass is 16.3. The summed E-state index contributed by atoms with van der Waals surface area (Å²) in [5.74, 6) is 0.716. The van der Waals surface area contributed by atoms with Crippen LogP contribution in [0.4, 0.5) is 11.5 Å². The number of amides is 1. The van der Waals surface area contributed by atoms with Crippen LogP contribution in [0, 0.1) is 12.8 Å². The lowest BCUT2D eigenvalue weighted by Gasteiger charge is -2.32. The first-order valence-corrected chi connectivity index (χ1v) is 9.94. The van der Waals surface area contributed by atoms with Gasteiger partial charge in [-0.1, -0.05) is 24.3 Å². The SMILES string of the molecule is Cc1cccc(NC(=O)[C@H]2CCCN(c3ncnc4c3oc3ccccc34)C2)c1. The molecule has 1 aliphatic rings. The van der Waals surface area contributed by atoms with Crippen LogP contribution >= 0.6 is 0 Å². The van der Waals surface area contributed by atoms with Crippen LogP contribution in [-0.2, 0) is 4.79 Å². The van der Waals surface area contributed by atoms with Crippen molar-refractivity contribution >= 4 is 39.5 Å². The summed E-state index contributed by atoms with van der Waals surface area (Å²) in [5.41, 5.74) is 4.27. The average Bonchev–Trinajstić information content (AvgIpc) is 3.13. The van der Waals surface area contributed by atoms with Crippen molar-refractivity contribution in [3.05, 3.63) is 60.4 Å². The molecule has 1 atom stereocenters. The van der Waals surface area contributed by atoms with Gasteiger partial charge in [0.1, 0.15) is 17.4 Å². The molecule has 146 valence electrons. The lowest BCUT2D eigenvalue weighted by atomic mass is 9.97. The van der Waals surface area contributed by atoms with Crippen LogP contribution < -0.4 is 10.2 Å². The molecule has 0 aliphatic carbocycles. The number of nitrogens with zero attached hydrogens (tertiary/aromatic N) is 3. The maximum atomic E-state index is 12.9. The average molecular weight is 386 g/mol. The van der Waals surface area contributed by atoms with Gasteiger partial charge in [-0.15, -0.1) is 0 Å². The maximum absolute atomic E-state index is 12.9. The van der Waals surface area contributed by atoms with E-state index in [2.05, 4.69) is 20.2 Å². The Morgan fingerprint density at radius 3 is 2.97 bits per heavy atom. The van der Waals surface area contributed by atoms with Gasteiger partial charge in [0, 0.05) is 24.2 Å². The molecule has 0 spiro atoms. The summed E-state index contributed by atoms with van der Waals surface area (Å²) in [6.07, 6.45) is 3.37. The Kier molecular flexibility index (Phi) is 4.39. The monoisotopic (exact) mass is 386 g/mol. The van der Waals surface area contributed by atoms with Crippen LogP contribution in [0.1, 0.15) is 18.4 Å². The first kappa shape index (κ1) is 17.7. The molecular weight excluding hydrogens is 364 g/mol. The second-order valence-electron chi connectivity index (χ2n) is 7.62. The number of benzene rings is 2. The standard InChI is InChI=1S/C23H22N4O2/c1-15-6-4-8-17(12-15)26-23(28)16-7-5-11-27(13-16)22-21-20(24-14-25-22)18-9-2-3-10-19(18)29-21/h2-4,6,8-10,12,14,16H,5,7,11,13H2,1H3,(H,26,28)/t16-/m0/s1. The first-order valence-electron chi connectivity index (χ1n) is 9.94.